The smallest absolute Gasteiger partial charge is 0.330 e. The Bertz CT molecular complexity index is 371. The van der Waals surface area contributed by atoms with Gasteiger partial charge in [0.2, 0.25) is 11.8 Å². The third-order valence-corrected chi connectivity index (χ3v) is 2.97. The van der Waals surface area contributed by atoms with E-state index in [0.29, 0.717) is 32.6 Å². The van der Waals surface area contributed by atoms with Gasteiger partial charge in [-0.05, 0) is 6.42 Å². The lowest BCUT2D eigenvalue weighted by atomic mass is 10.2. The molecule has 0 aromatic rings. The molecular weight excluding hydrogens is 248 g/mol. The minimum absolute atomic E-state index is 0.139. The number of carbonyl (C=O) groups excluding carboxylic acids is 3. The van der Waals surface area contributed by atoms with Crippen LogP contribution in [0, 0.1) is 0 Å². The largest absolute Gasteiger partial charge is 0.466 e. The zero-order chi connectivity index (χ0) is 14.3. The van der Waals surface area contributed by atoms with Crippen LogP contribution in [0.4, 0.5) is 0 Å². The standard InChI is InChI=1S/C13H20N2O4/c1-3-4-11(16)14-7-9-15(10-8-14)12(17)5-6-13(18)19-2/h5-6H,3-4,7-10H2,1-2H3/b6-5+. The lowest BCUT2D eigenvalue weighted by molar-refractivity contribution is -0.137. The molecule has 0 aromatic heterocycles. The van der Waals surface area contributed by atoms with Crippen molar-refractivity contribution in [1.29, 1.82) is 0 Å². The lowest BCUT2D eigenvalue weighted by Gasteiger charge is -2.34. The van der Waals surface area contributed by atoms with Crippen molar-refractivity contribution in [2.45, 2.75) is 19.8 Å². The molecule has 0 spiro atoms. The second-order valence-corrected chi connectivity index (χ2v) is 4.31. The number of amides is 2. The Morgan fingerprint density at radius 3 is 2.16 bits per heavy atom. The topological polar surface area (TPSA) is 66.9 Å². The number of methoxy groups -OCH3 is 1. The summed E-state index contributed by atoms with van der Waals surface area (Å²) in [6.45, 7) is 4.07. The van der Waals surface area contributed by atoms with Gasteiger partial charge in [-0.2, -0.15) is 0 Å². The molecule has 19 heavy (non-hydrogen) atoms. The minimum Gasteiger partial charge on any atom is -0.466 e. The first-order valence-electron chi connectivity index (χ1n) is 6.41. The van der Waals surface area contributed by atoms with Gasteiger partial charge in [-0.25, -0.2) is 4.79 Å². The normalized spacial score (nSPS) is 15.7. The summed E-state index contributed by atoms with van der Waals surface area (Å²) < 4.78 is 4.41. The van der Waals surface area contributed by atoms with Gasteiger partial charge in [0.05, 0.1) is 7.11 Å². The molecular formula is C13H20N2O4. The van der Waals surface area contributed by atoms with Crippen LogP contribution in [-0.4, -0.2) is 60.9 Å². The summed E-state index contributed by atoms with van der Waals surface area (Å²) in [5, 5.41) is 0. The molecule has 6 heteroatoms. The zero-order valence-corrected chi connectivity index (χ0v) is 11.4. The van der Waals surface area contributed by atoms with Crippen molar-refractivity contribution >= 4 is 17.8 Å². The van der Waals surface area contributed by atoms with Crippen LogP contribution >= 0.6 is 0 Å². The minimum atomic E-state index is -0.551. The highest BCUT2D eigenvalue weighted by molar-refractivity contribution is 5.94. The second-order valence-electron chi connectivity index (χ2n) is 4.31. The molecule has 2 amide bonds. The first-order chi connectivity index (χ1) is 9.08. The van der Waals surface area contributed by atoms with E-state index >= 15 is 0 Å². The van der Waals surface area contributed by atoms with Gasteiger partial charge in [0.1, 0.15) is 0 Å². The maximum atomic E-state index is 11.7. The van der Waals surface area contributed by atoms with Crippen LogP contribution < -0.4 is 0 Å². The Hall–Kier alpha value is -1.85. The number of nitrogens with zero attached hydrogens (tertiary/aromatic N) is 2. The third-order valence-electron chi connectivity index (χ3n) is 2.97. The molecule has 1 aliphatic rings. The number of piperazine rings is 1. The molecule has 0 unspecified atom stereocenters. The van der Waals surface area contributed by atoms with Gasteiger partial charge in [-0.15, -0.1) is 0 Å². The molecule has 0 N–H and O–H groups in total. The van der Waals surface area contributed by atoms with Crippen LogP contribution in [0.2, 0.25) is 0 Å². The van der Waals surface area contributed by atoms with E-state index in [0.717, 1.165) is 12.5 Å². The van der Waals surface area contributed by atoms with Crippen LogP contribution in [0.1, 0.15) is 19.8 Å². The Morgan fingerprint density at radius 1 is 1.05 bits per heavy atom. The molecule has 106 valence electrons. The van der Waals surface area contributed by atoms with Gasteiger partial charge in [-0.3, -0.25) is 9.59 Å². The van der Waals surface area contributed by atoms with Crippen molar-refractivity contribution in [2.24, 2.45) is 0 Å². The molecule has 6 nitrogen and oxygen atoms in total. The maximum absolute atomic E-state index is 11.7. The fourth-order valence-corrected chi connectivity index (χ4v) is 1.86. The van der Waals surface area contributed by atoms with Crippen LogP contribution in [0.15, 0.2) is 12.2 Å². The highest BCUT2D eigenvalue weighted by Crippen LogP contribution is 2.05. The second kappa shape index (κ2) is 7.56. The van der Waals surface area contributed by atoms with Crippen LogP contribution in [0.3, 0.4) is 0 Å². The first kappa shape index (κ1) is 15.2. The van der Waals surface area contributed by atoms with Crippen molar-refractivity contribution in [3.8, 4) is 0 Å². The molecule has 1 rings (SSSR count). The number of hydrogen-bond acceptors (Lipinski definition) is 4. The Morgan fingerprint density at radius 2 is 1.63 bits per heavy atom. The summed E-state index contributed by atoms with van der Waals surface area (Å²) in [5.74, 6) is -0.641. The number of carbonyl (C=O) groups is 3. The predicted molar refractivity (Wildman–Crippen MR) is 69.2 cm³/mol. The Labute approximate surface area is 113 Å². The van der Waals surface area contributed by atoms with Crippen molar-refractivity contribution in [3.05, 3.63) is 12.2 Å². The quantitative estimate of drug-likeness (QED) is 0.539. The van der Waals surface area contributed by atoms with Gasteiger partial charge in [-0.1, -0.05) is 6.92 Å². The summed E-state index contributed by atoms with van der Waals surface area (Å²) >= 11 is 0. The first-order valence-corrected chi connectivity index (χ1v) is 6.41. The fourth-order valence-electron chi connectivity index (χ4n) is 1.86. The summed E-state index contributed by atoms with van der Waals surface area (Å²) in [4.78, 5) is 37.7. The summed E-state index contributed by atoms with van der Waals surface area (Å²) in [5.41, 5.74) is 0. The van der Waals surface area contributed by atoms with Crippen LogP contribution in [0.5, 0.6) is 0 Å². The van der Waals surface area contributed by atoms with E-state index in [4.69, 9.17) is 0 Å². The van der Waals surface area contributed by atoms with Crippen molar-refractivity contribution in [1.82, 2.24) is 9.80 Å². The van der Waals surface area contributed by atoms with Crippen LogP contribution in [-0.2, 0) is 19.1 Å². The number of rotatable bonds is 4. The lowest BCUT2D eigenvalue weighted by Crippen LogP contribution is -2.50. The van der Waals surface area contributed by atoms with E-state index in [1.54, 1.807) is 9.80 Å². The average Bonchev–Trinajstić information content (AvgIpc) is 2.44. The van der Waals surface area contributed by atoms with Crippen molar-refractivity contribution in [3.63, 3.8) is 0 Å². The SMILES string of the molecule is CCCC(=O)N1CCN(C(=O)/C=C/C(=O)OC)CC1. The molecule has 0 aliphatic carbocycles. The molecule has 1 fully saturated rings. The predicted octanol–water partition coefficient (Wildman–Crippen LogP) is 0.187. The van der Waals surface area contributed by atoms with E-state index in [1.165, 1.54) is 13.2 Å². The third kappa shape index (κ3) is 4.73. The van der Waals surface area contributed by atoms with E-state index in [2.05, 4.69) is 4.74 Å². The monoisotopic (exact) mass is 268 g/mol. The molecule has 1 saturated heterocycles. The summed E-state index contributed by atoms with van der Waals surface area (Å²) in [6.07, 6.45) is 3.70. The van der Waals surface area contributed by atoms with Crippen molar-refractivity contribution in [2.75, 3.05) is 33.3 Å². The van der Waals surface area contributed by atoms with Gasteiger partial charge >= 0.3 is 5.97 Å². The number of esters is 1. The molecule has 0 atom stereocenters. The number of ether oxygens (including phenoxy) is 1. The molecule has 0 saturated carbocycles. The highest BCUT2D eigenvalue weighted by Gasteiger charge is 2.22. The van der Waals surface area contributed by atoms with Gasteiger partial charge in [0.15, 0.2) is 0 Å². The van der Waals surface area contributed by atoms with Crippen LogP contribution in [0.25, 0.3) is 0 Å². The van der Waals surface area contributed by atoms with Gasteiger partial charge in [0, 0.05) is 44.8 Å². The summed E-state index contributed by atoms with van der Waals surface area (Å²) in [6, 6.07) is 0. The van der Waals surface area contributed by atoms with E-state index in [-0.39, 0.29) is 11.8 Å². The molecule has 1 aliphatic heterocycles. The Kier molecular flexibility index (Phi) is 6.05. The van der Waals surface area contributed by atoms with E-state index < -0.39 is 5.97 Å². The van der Waals surface area contributed by atoms with Crippen molar-refractivity contribution < 1.29 is 19.1 Å². The number of hydrogen-bond donors (Lipinski definition) is 0. The highest BCUT2D eigenvalue weighted by atomic mass is 16.5. The fraction of sp³-hybridized carbons (Fsp3) is 0.615. The zero-order valence-electron chi connectivity index (χ0n) is 11.4. The molecule has 0 bridgehead atoms. The van der Waals surface area contributed by atoms with E-state index in [1.807, 2.05) is 6.92 Å². The average molecular weight is 268 g/mol. The molecule has 1 heterocycles. The Balaban J connectivity index is 2.41. The van der Waals surface area contributed by atoms with Gasteiger partial charge in [0.25, 0.3) is 0 Å². The maximum Gasteiger partial charge on any atom is 0.330 e. The van der Waals surface area contributed by atoms with Gasteiger partial charge < -0.3 is 14.5 Å². The molecule has 0 aromatic carbocycles. The summed E-state index contributed by atoms with van der Waals surface area (Å²) in [7, 11) is 1.26. The van der Waals surface area contributed by atoms with E-state index in [9.17, 15) is 14.4 Å². The molecule has 0 radical (unpaired) electrons.